The summed E-state index contributed by atoms with van der Waals surface area (Å²) in [6.45, 7) is 1.95. The minimum Gasteiger partial charge on any atom is -0.211 e. The number of rotatable bonds is 3. The molecule has 0 spiro atoms. The zero-order chi connectivity index (χ0) is 14.7. The zero-order valence-electron chi connectivity index (χ0n) is 11.5. The monoisotopic (exact) mass is 291 g/mol. The third-order valence-electron chi connectivity index (χ3n) is 3.31. The Morgan fingerprint density at radius 2 is 1.81 bits per heavy atom. The van der Waals surface area contributed by atoms with Crippen LogP contribution in [0.15, 0.2) is 75.4 Å². The quantitative estimate of drug-likeness (QED) is 0.486. The minimum absolute atomic E-state index is 0.673. The molecule has 21 heavy (non-hydrogen) atoms. The number of hydrogen-bond donors (Lipinski definition) is 0. The molecule has 0 unspecified atom stereocenters. The molecule has 3 rings (SSSR count). The number of isocyanates is 1. The molecule has 2 nitrogen and oxygen atoms in total. The summed E-state index contributed by atoms with van der Waals surface area (Å²) >= 11 is 1.72. The maximum absolute atomic E-state index is 10.4. The predicted molar refractivity (Wildman–Crippen MR) is 87.0 cm³/mol. The van der Waals surface area contributed by atoms with Gasteiger partial charge in [0.25, 0.3) is 0 Å². The van der Waals surface area contributed by atoms with Gasteiger partial charge in [0.15, 0.2) is 0 Å². The second kappa shape index (κ2) is 5.96. The van der Waals surface area contributed by atoms with Crippen LogP contribution >= 0.6 is 11.8 Å². The number of benzene rings is 3. The first-order chi connectivity index (χ1) is 10.3. The first kappa shape index (κ1) is 13.6. The predicted octanol–water partition coefficient (Wildman–Crippen LogP) is 5.27. The Morgan fingerprint density at radius 1 is 1.00 bits per heavy atom. The van der Waals surface area contributed by atoms with Crippen molar-refractivity contribution in [3.8, 4) is 0 Å². The van der Waals surface area contributed by atoms with Gasteiger partial charge in [-0.05, 0) is 47.5 Å². The lowest BCUT2D eigenvalue weighted by Crippen LogP contribution is -1.80. The summed E-state index contributed by atoms with van der Waals surface area (Å²) < 4.78 is 0. The Morgan fingerprint density at radius 3 is 2.62 bits per heavy atom. The summed E-state index contributed by atoms with van der Waals surface area (Å²) in [5.74, 6) is 0. The molecular weight excluding hydrogens is 278 g/mol. The van der Waals surface area contributed by atoms with Gasteiger partial charge < -0.3 is 0 Å². The van der Waals surface area contributed by atoms with Gasteiger partial charge in [0.2, 0.25) is 6.08 Å². The Kier molecular flexibility index (Phi) is 3.87. The highest BCUT2D eigenvalue weighted by atomic mass is 32.2. The van der Waals surface area contributed by atoms with Crippen molar-refractivity contribution in [2.75, 3.05) is 0 Å². The summed E-state index contributed by atoms with van der Waals surface area (Å²) in [5.41, 5.74) is 1.65. The van der Waals surface area contributed by atoms with Crippen molar-refractivity contribution in [1.82, 2.24) is 0 Å². The summed E-state index contributed by atoms with van der Waals surface area (Å²) in [5, 5.41) is 2.49. The van der Waals surface area contributed by atoms with Gasteiger partial charge in [-0.15, -0.1) is 0 Å². The Bertz CT molecular complexity index is 845. The Hall–Kier alpha value is -2.35. The number of nitrogens with zero attached hydrogens (tertiary/aromatic N) is 1. The van der Waals surface area contributed by atoms with Crippen molar-refractivity contribution in [2.24, 2.45) is 4.99 Å². The van der Waals surface area contributed by atoms with Crippen molar-refractivity contribution < 1.29 is 4.79 Å². The lowest BCUT2D eigenvalue weighted by molar-refractivity contribution is 0.565. The van der Waals surface area contributed by atoms with Crippen LogP contribution in [0.5, 0.6) is 0 Å². The molecule has 3 aromatic rings. The number of aliphatic imine (C=N–C) groups is 1. The average molecular weight is 291 g/mol. The number of fused-ring (bicyclic) bond motifs is 1. The van der Waals surface area contributed by atoms with Crippen LogP contribution in [-0.2, 0) is 4.79 Å². The second-order valence-electron chi connectivity index (χ2n) is 4.73. The van der Waals surface area contributed by atoms with E-state index in [9.17, 15) is 4.79 Å². The van der Waals surface area contributed by atoms with Crippen LogP contribution in [0.4, 0.5) is 5.69 Å². The van der Waals surface area contributed by atoms with Crippen LogP contribution in [0.1, 0.15) is 5.56 Å². The van der Waals surface area contributed by atoms with Crippen LogP contribution in [0.2, 0.25) is 0 Å². The highest BCUT2D eigenvalue weighted by Gasteiger charge is 2.04. The molecule has 0 atom stereocenters. The van der Waals surface area contributed by atoms with E-state index in [2.05, 4.69) is 41.4 Å². The molecule has 0 aliphatic rings. The van der Waals surface area contributed by atoms with Gasteiger partial charge in [-0.25, -0.2) is 4.79 Å². The van der Waals surface area contributed by atoms with Crippen molar-refractivity contribution in [3.63, 3.8) is 0 Å². The maximum Gasteiger partial charge on any atom is 0.240 e. The van der Waals surface area contributed by atoms with Crippen LogP contribution < -0.4 is 0 Å². The van der Waals surface area contributed by atoms with Gasteiger partial charge >= 0.3 is 0 Å². The smallest absolute Gasteiger partial charge is 0.211 e. The third-order valence-corrected chi connectivity index (χ3v) is 4.38. The molecule has 3 heteroatoms. The Balaban J connectivity index is 1.99. The zero-order valence-corrected chi connectivity index (χ0v) is 12.4. The van der Waals surface area contributed by atoms with Crippen molar-refractivity contribution in [1.29, 1.82) is 0 Å². The molecule has 0 radical (unpaired) electrons. The molecule has 102 valence electrons. The third kappa shape index (κ3) is 2.89. The highest BCUT2D eigenvalue weighted by molar-refractivity contribution is 7.99. The molecule has 0 heterocycles. The lowest BCUT2D eigenvalue weighted by Gasteiger charge is -2.07. The first-order valence-electron chi connectivity index (χ1n) is 6.62. The second-order valence-corrected chi connectivity index (χ2v) is 5.85. The van der Waals surface area contributed by atoms with Crippen molar-refractivity contribution in [3.05, 3.63) is 66.2 Å². The summed E-state index contributed by atoms with van der Waals surface area (Å²) in [6.07, 6.45) is 1.59. The molecule has 0 amide bonds. The molecule has 0 saturated heterocycles. The van der Waals surface area contributed by atoms with Gasteiger partial charge in [0.05, 0.1) is 5.69 Å². The van der Waals surface area contributed by atoms with Gasteiger partial charge in [0.1, 0.15) is 0 Å². The highest BCUT2D eigenvalue weighted by Crippen LogP contribution is 2.35. The molecule has 0 N–H and O–H groups in total. The van der Waals surface area contributed by atoms with Crippen LogP contribution in [0.3, 0.4) is 0 Å². The minimum atomic E-state index is 0.673. The van der Waals surface area contributed by atoms with Crippen LogP contribution in [0, 0.1) is 6.92 Å². The van der Waals surface area contributed by atoms with E-state index < -0.39 is 0 Å². The maximum atomic E-state index is 10.4. The number of aryl methyl sites for hydroxylation is 1. The SMILES string of the molecule is Cc1cc(Sc2cccc3ccccc23)ccc1N=C=O. The van der Waals surface area contributed by atoms with E-state index in [1.165, 1.54) is 15.7 Å². The van der Waals surface area contributed by atoms with E-state index >= 15 is 0 Å². The molecular formula is C18H13NOS. The van der Waals surface area contributed by atoms with Gasteiger partial charge in [-0.1, -0.05) is 48.2 Å². The number of hydrogen-bond acceptors (Lipinski definition) is 3. The van der Waals surface area contributed by atoms with E-state index in [0.29, 0.717) is 5.69 Å². The normalized spacial score (nSPS) is 10.3. The largest absolute Gasteiger partial charge is 0.240 e. The fourth-order valence-electron chi connectivity index (χ4n) is 2.28. The van der Waals surface area contributed by atoms with Crippen molar-refractivity contribution >= 4 is 34.3 Å². The standard InChI is InChI=1S/C18H13NOS/c1-13-11-15(9-10-17(13)19-12-20)21-18-8-4-6-14-5-2-3-7-16(14)18/h2-11H,1H3. The van der Waals surface area contributed by atoms with E-state index in [1.54, 1.807) is 17.8 Å². The van der Waals surface area contributed by atoms with Crippen molar-refractivity contribution in [2.45, 2.75) is 16.7 Å². The molecule has 0 aliphatic carbocycles. The van der Waals surface area contributed by atoms with Gasteiger partial charge in [0, 0.05) is 9.79 Å². The fraction of sp³-hybridized carbons (Fsp3) is 0.0556. The topological polar surface area (TPSA) is 29.4 Å². The van der Waals surface area contributed by atoms with E-state index in [1.807, 2.05) is 31.2 Å². The lowest BCUT2D eigenvalue weighted by atomic mass is 10.1. The van der Waals surface area contributed by atoms with E-state index in [0.717, 1.165) is 10.5 Å². The fourth-order valence-corrected chi connectivity index (χ4v) is 3.35. The van der Waals surface area contributed by atoms with E-state index in [-0.39, 0.29) is 0 Å². The molecule has 0 fully saturated rings. The average Bonchev–Trinajstić information content (AvgIpc) is 2.51. The molecule has 0 aliphatic heterocycles. The summed E-state index contributed by atoms with van der Waals surface area (Å²) in [7, 11) is 0. The van der Waals surface area contributed by atoms with Crippen LogP contribution in [0.25, 0.3) is 10.8 Å². The first-order valence-corrected chi connectivity index (χ1v) is 7.44. The van der Waals surface area contributed by atoms with E-state index in [4.69, 9.17) is 0 Å². The molecule has 3 aromatic carbocycles. The Labute approximate surface area is 127 Å². The van der Waals surface area contributed by atoms with Gasteiger partial charge in [-0.3, -0.25) is 0 Å². The van der Waals surface area contributed by atoms with Gasteiger partial charge in [-0.2, -0.15) is 4.99 Å². The summed E-state index contributed by atoms with van der Waals surface area (Å²) in [4.78, 5) is 16.4. The molecule has 0 bridgehead atoms. The summed E-state index contributed by atoms with van der Waals surface area (Å²) in [6, 6.07) is 20.6. The molecule has 0 saturated carbocycles. The molecule has 0 aromatic heterocycles. The van der Waals surface area contributed by atoms with Crippen LogP contribution in [-0.4, -0.2) is 6.08 Å². The number of carbonyl (C=O) groups excluding carboxylic acids is 1.